The molecule has 0 spiro atoms. The minimum absolute atomic E-state index is 0.0938. The highest BCUT2D eigenvalue weighted by molar-refractivity contribution is 7.10. The molecular formula is C14H18N2O4S. The van der Waals surface area contributed by atoms with Gasteiger partial charge < -0.3 is 20.5 Å². The monoisotopic (exact) mass is 310 g/mol. The van der Waals surface area contributed by atoms with E-state index in [-0.39, 0.29) is 12.0 Å². The summed E-state index contributed by atoms with van der Waals surface area (Å²) in [6.07, 6.45) is 1.42. The second kappa shape index (κ2) is 5.75. The fourth-order valence-corrected chi connectivity index (χ4v) is 3.97. The fourth-order valence-electron chi connectivity index (χ4n) is 3.07. The number of ether oxygens (including phenoxy) is 1. The molecule has 0 aromatic carbocycles. The predicted molar refractivity (Wildman–Crippen MR) is 77.1 cm³/mol. The van der Waals surface area contributed by atoms with E-state index in [9.17, 15) is 14.7 Å². The summed E-state index contributed by atoms with van der Waals surface area (Å²) in [5, 5.41) is 11.4. The van der Waals surface area contributed by atoms with E-state index in [0.29, 0.717) is 25.9 Å². The Bertz CT molecular complexity index is 559. The van der Waals surface area contributed by atoms with Crippen LogP contribution in [0.4, 0.5) is 0 Å². The van der Waals surface area contributed by atoms with Gasteiger partial charge in [0.15, 0.2) is 6.04 Å². The quantitative estimate of drug-likeness (QED) is 0.860. The van der Waals surface area contributed by atoms with Crippen LogP contribution in [0.3, 0.4) is 0 Å². The van der Waals surface area contributed by atoms with Crippen molar-refractivity contribution in [1.29, 1.82) is 0 Å². The van der Waals surface area contributed by atoms with Crippen LogP contribution < -0.4 is 5.73 Å². The lowest BCUT2D eigenvalue weighted by molar-refractivity contribution is -0.156. The highest BCUT2D eigenvalue weighted by Gasteiger charge is 2.41. The highest BCUT2D eigenvalue weighted by atomic mass is 32.1. The molecule has 3 N–H and O–H groups in total. The lowest BCUT2D eigenvalue weighted by Gasteiger charge is -2.34. The normalized spacial score (nSPS) is 28.4. The van der Waals surface area contributed by atoms with Crippen LogP contribution in [-0.2, 0) is 20.7 Å². The van der Waals surface area contributed by atoms with Crippen molar-refractivity contribution in [3.8, 4) is 0 Å². The molecule has 2 aliphatic heterocycles. The Hall–Kier alpha value is -1.44. The molecule has 1 fully saturated rings. The molecule has 0 aliphatic carbocycles. The summed E-state index contributed by atoms with van der Waals surface area (Å²) >= 11 is 1.55. The fraction of sp³-hybridized carbons (Fsp3) is 0.571. The van der Waals surface area contributed by atoms with Gasteiger partial charge in [-0.05, 0) is 36.3 Å². The summed E-state index contributed by atoms with van der Waals surface area (Å²) < 4.78 is 5.62. The summed E-state index contributed by atoms with van der Waals surface area (Å²) in [5.74, 6) is -1.22. The standard InChI is InChI=1S/C14H18N2O4S/c15-7-8-1-2-10(20-8)13(17)16-5-3-11-9(4-6-21-11)12(16)14(18)19/h4,6,8,10,12H,1-3,5,7,15H2,(H,18,19). The zero-order chi connectivity index (χ0) is 15.0. The molecular weight excluding hydrogens is 292 g/mol. The number of hydrogen-bond donors (Lipinski definition) is 2. The van der Waals surface area contributed by atoms with Crippen molar-refractivity contribution in [2.45, 2.75) is 37.5 Å². The maximum Gasteiger partial charge on any atom is 0.331 e. The van der Waals surface area contributed by atoms with E-state index in [1.807, 2.05) is 5.38 Å². The molecule has 21 heavy (non-hydrogen) atoms. The molecule has 6 nitrogen and oxygen atoms in total. The van der Waals surface area contributed by atoms with E-state index in [2.05, 4.69) is 0 Å². The van der Waals surface area contributed by atoms with Crippen LogP contribution in [0.15, 0.2) is 11.4 Å². The number of aliphatic carboxylic acids is 1. The van der Waals surface area contributed by atoms with Gasteiger partial charge in [-0.3, -0.25) is 4.79 Å². The van der Waals surface area contributed by atoms with E-state index in [4.69, 9.17) is 10.5 Å². The summed E-state index contributed by atoms with van der Waals surface area (Å²) in [7, 11) is 0. The second-order valence-corrected chi connectivity index (χ2v) is 6.38. The number of carbonyl (C=O) groups excluding carboxylic acids is 1. The van der Waals surface area contributed by atoms with Crippen LogP contribution in [0.25, 0.3) is 0 Å². The zero-order valence-corrected chi connectivity index (χ0v) is 12.3. The predicted octanol–water partition coefficient (Wildman–Crippen LogP) is 0.765. The third-order valence-corrected chi connectivity index (χ3v) is 5.13. The second-order valence-electron chi connectivity index (χ2n) is 5.38. The van der Waals surface area contributed by atoms with E-state index in [1.54, 1.807) is 17.4 Å². The van der Waals surface area contributed by atoms with Gasteiger partial charge >= 0.3 is 5.97 Å². The lowest BCUT2D eigenvalue weighted by Crippen LogP contribution is -2.47. The summed E-state index contributed by atoms with van der Waals surface area (Å²) in [5.41, 5.74) is 6.29. The zero-order valence-electron chi connectivity index (χ0n) is 11.5. The van der Waals surface area contributed by atoms with Gasteiger partial charge in [-0.15, -0.1) is 11.3 Å². The first-order valence-corrected chi connectivity index (χ1v) is 7.95. The smallest absolute Gasteiger partial charge is 0.331 e. The summed E-state index contributed by atoms with van der Waals surface area (Å²) in [4.78, 5) is 26.7. The van der Waals surface area contributed by atoms with Gasteiger partial charge in [-0.1, -0.05) is 0 Å². The Balaban J connectivity index is 1.81. The number of carbonyl (C=O) groups is 2. The topological polar surface area (TPSA) is 92.9 Å². The molecule has 3 unspecified atom stereocenters. The molecule has 1 aromatic rings. The number of hydrogen-bond acceptors (Lipinski definition) is 5. The van der Waals surface area contributed by atoms with E-state index in [0.717, 1.165) is 16.9 Å². The third-order valence-electron chi connectivity index (χ3n) is 4.13. The summed E-state index contributed by atoms with van der Waals surface area (Å²) in [6.45, 7) is 0.817. The Morgan fingerprint density at radius 2 is 2.29 bits per heavy atom. The van der Waals surface area contributed by atoms with Crippen LogP contribution in [0, 0.1) is 0 Å². The molecule has 1 aromatic heterocycles. The number of nitrogens with zero attached hydrogens (tertiary/aromatic N) is 1. The van der Waals surface area contributed by atoms with E-state index < -0.39 is 18.1 Å². The van der Waals surface area contributed by atoms with Crippen molar-refractivity contribution in [2.75, 3.05) is 13.1 Å². The molecule has 0 saturated carbocycles. The molecule has 0 radical (unpaired) electrons. The van der Waals surface area contributed by atoms with Crippen molar-refractivity contribution in [3.63, 3.8) is 0 Å². The molecule has 1 saturated heterocycles. The molecule has 1 amide bonds. The Morgan fingerprint density at radius 3 is 2.95 bits per heavy atom. The van der Waals surface area contributed by atoms with Crippen molar-refractivity contribution >= 4 is 23.2 Å². The van der Waals surface area contributed by atoms with Crippen LogP contribution in [0.1, 0.15) is 29.3 Å². The molecule has 2 aliphatic rings. The van der Waals surface area contributed by atoms with Crippen LogP contribution in [-0.4, -0.2) is 47.2 Å². The number of carboxylic acids is 1. The van der Waals surface area contributed by atoms with Gasteiger partial charge in [-0.2, -0.15) is 0 Å². The minimum Gasteiger partial charge on any atom is -0.479 e. The Kier molecular flexibility index (Phi) is 3.97. The van der Waals surface area contributed by atoms with Crippen LogP contribution in [0.2, 0.25) is 0 Å². The van der Waals surface area contributed by atoms with Gasteiger partial charge in [0.25, 0.3) is 5.91 Å². The van der Waals surface area contributed by atoms with Gasteiger partial charge in [0, 0.05) is 18.0 Å². The van der Waals surface area contributed by atoms with E-state index in [1.165, 1.54) is 4.90 Å². The number of rotatable bonds is 3. The maximum absolute atomic E-state index is 12.6. The molecule has 3 rings (SSSR count). The minimum atomic E-state index is -0.990. The van der Waals surface area contributed by atoms with Crippen LogP contribution in [0.5, 0.6) is 0 Å². The lowest BCUT2D eigenvalue weighted by atomic mass is 9.99. The molecule has 3 atom stereocenters. The number of fused-ring (bicyclic) bond motifs is 1. The first-order valence-electron chi connectivity index (χ1n) is 7.07. The average Bonchev–Trinajstić information content (AvgIpc) is 3.13. The average molecular weight is 310 g/mol. The molecule has 0 bridgehead atoms. The van der Waals surface area contributed by atoms with Crippen molar-refractivity contribution in [1.82, 2.24) is 4.90 Å². The number of thiophene rings is 1. The maximum atomic E-state index is 12.6. The van der Waals surface area contributed by atoms with Crippen molar-refractivity contribution < 1.29 is 19.4 Å². The molecule has 3 heterocycles. The first kappa shape index (κ1) is 14.5. The van der Waals surface area contributed by atoms with Gasteiger partial charge in [0.1, 0.15) is 6.10 Å². The molecule has 7 heteroatoms. The highest BCUT2D eigenvalue weighted by Crippen LogP contribution is 2.35. The van der Waals surface area contributed by atoms with Gasteiger partial charge in [0.05, 0.1) is 6.10 Å². The van der Waals surface area contributed by atoms with Crippen LogP contribution >= 0.6 is 11.3 Å². The molecule has 114 valence electrons. The third kappa shape index (κ3) is 2.56. The van der Waals surface area contributed by atoms with Gasteiger partial charge in [0.2, 0.25) is 0 Å². The Labute approximate surface area is 126 Å². The van der Waals surface area contributed by atoms with Gasteiger partial charge in [-0.25, -0.2) is 4.79 Å². The number of carboxylic acid groups (broad SMARTS) is 1. The Morgan fingerprint density at radius 1 is 1.48 bits per heavy atom. The number of amides is 1. The van der Waals surface area contributed by atoms with E-state index >= 15 is 0 Å². The van der Waals surface area contributed by atoms with Crippen molar-refractivity contribution in [2.24, 2.45) is 5.73 Å². The first-order chi connectivity index (χ1) is 10.1. The van der Waals surface area contributed by atoms with Crippen molar-refractivity contribution in [3.05, 3.63) is 21.9 Å². The number of nitrogens with two attached hydrogens (primary N) is 1. The largest absolute Gasteiger partial charge is 0.479 e. The summed E-state index contributed by atoms with van der Waals surface area (Å²) in [6, 6.07) is 0.907. The SMILES string of the molecule is NCC1CCC(C(=O)N2CCc3sccc3C2C(=O)O)O1.